The minimum atomic E-state index is -0.0573. The Balaban J connectivity index is 1.39. The molecule has 5 rings (SSSR count). The van der Waals surface area contributed by atoms with Crippen molar-refractivity contribution >= 4 is 10.9 Å². The Morgan fingerprint density at radius 2 is 1.96 bits per heavy atom. The summed E-state index contributed by atoms with van der Waals surface area (Å²) < 4.78 is 0. The van der Waals surface area contributed by atoms with E-state index in [0.29, 0.717) is 12.4 Å². The second-order valence-corrected chi connectivity index (χ2v) is 7.07. The molecular weight excluding hydrogens is 350 g/mol. The number of para-hydroxylation sites is 1. The Labute approximate surface area is 161 Å². The van der Waals surface area contributed by atoms with Gasteiger partial charge in [-0.05, 0) is 29.8 Å². The van der Waals surface area contributed by atoms with E-state index in [0.717, 1.165) is 52.8 Å². The van der Waals surface area contributed by atoms with Gasteiger partial charge in [0.15, 0.2) is 0 Å². The first kappa shape index (κ1) is 16.8. The van der Waals surface area contributed by atoms with Crippen molar-refractivity contribution in [2.75, 3.05) is 6.54 Å². The Bertz CT molecular complexity index is 1200. The molecule has 138 valence electrons. The molecular formula is C22H19N5O. The Hall–Kier alpha value is -3.38. The van der Waals surface area contributed by atoms with Crippen LogP contribution in [0.5, 0.6) is 0 Å². The molecule has 0 spiro atoms. The minimum Gasteiger partial charge on any atom is -0.306 e. The fraction of sp³-hybridized carbons (Fsp3) is 0.182. The van der Waals surface area contributed by atoms with Crippen molar-refractivity contribution in [1.82, 2.24) is 24.8 Å². The van der Waals surface area contributed by atoms with Crippen molar-refractivity contribution in [2.45, 2.75) is 19.5 Å². The van der Waals surface area contributed by atoms with Crippen LogP contribution >= 0.6 is 0 Å². The maximum atomic E-state index is 12.7. The standard InChI is InChI=1S/C22H19N5O/c28-22-18-14-27(13-15-11-17-3-1-2-4-19(17)24-12-15)10-7-20(18)25-21(26-22)16-5-8-23-9-6-16/h1-6,8-9,11-12H,7,10,13-14H2,(H,25,26,28). The number of pyridine rings is 2. The minimum absolute atomic E-state index is 0.0573. The van der Waals surface area contributed by atoms with Crippen LogP contribution in [0.3, 0.4) is 0 Å². The van der Waals surface area contributed by atoms with Crippen molar-refractivity contribution in [3.63, 3.8) is 0 Å². The number of hydrogen-bond donors (Lipinski definition) is 1. The van der Waals surface area contributed by atoms with E-state index in [1.807, 2.05) is 36.5 Å². The molecule has 0 fully saturated rings. The van der Waals surface area contributed by atoms with Crippen molar-refractivity contribution in [2.24, 2.45) is 0 Å². The Kier molecular flexibility index (Phi) is 4.18. The summed E-state index contributed by atoms with van der Waals surface area (Å²) in [6, 6.07) is 14.0. The van der Waals surface area contributed by atoms with E-state index in [1.165, 1.54) is 0 Å². The molecule has 1 N–H and O–H groups in total. The molecule has 1 aliphatic rings. The van der Waals surface area contributed by atoms with Crippen LogP contribution in [0.1, 0.15) is 16.8 Å². The third-order valence-electron chi connectivity index (χ3n) is 5.15. The van der Waals surface area contributed by atoms with Crippen LogP contribution in [0.15, 0.2) is 65.8 Å². The number of nitrogens with one attached hydrogen (secondary N) is 1. The molecule has 0 aliphatic carbocycles. The maximum absolute atomic E-state index is 12.7. The van der Waals surface area contributed by atoms with Crippen molar-refractivity contribution in [3.05, 3.63) is 88.2 Å². The lowest BCUT2D eigenvalue weighted by molar-refractivity contribution is 0.241. The molecule has 6 nitrogen and oxygen atoms in total. The number of aromatic nitrogens is 4. The van der Waals surface area contributed by atoms with Gasteiger partial charge in [0.1, 0.15) is 5.82 Å². The molecule has 0 atom stereocenters. The van der Waals surface area contributed by atoms with E-state index < -0.39 is 0 Å². The normalized spacial score (nSPS) is 14.1. The third kappa shape index (κ3) is 3.18. The topological polar surface area (TPSA) is 74.8 Å². The van der Waals surface area contributed by atoms with E-state index in [1.54, 1.807) is 12.4 Å². The summed E-state index contributed by atoms with van der Waals surface area (Å²) in [4.78, 5) is 31.1. The second-order valence-electron chi connectivity index (χ2n) is 7.07. The van der Waals surface area contributed by atoms with Gasteiger partial charge < -0.3 is 4.98 Å². The quantitative estimate of drug-likeness (QED) is 0.601. The van der Waals surface area contributed by atoms with E-state index in [-0.39, 0.29) is 5.56 Å². The fourth-order valence-electron chi connectivity index (χ4n) is 3.72. The Morgan fingerprint density at radius 1 is 1.11 bits per heavy atom. The maximum Gasteiger partial charge on any atom is 0.255 e. The number of hydrogen-bond acceptors (Lipinski definition) is 5. The number of fused-ring (bicyclic) bond motifs is 2. The summed E-state index contributed by atoms with van der Waals surface area (Å²) in [5.41, 5.74) is 4.62. The third-order valence-corrected chi connectivity index (χ3v) is 5.15. The van der Waals surface area contributed by atoms with E-state index in [9.17, 15) is 4.79 Å². The average molecular weight is 369 g/mol. The van der Waals surface area contributed by atoms with Crippen LogP contribution in [-0.4, -0.2) is 31.4 Å². The van der Waals surface area contributed by atoms with Gasteiger partial charge in [-0.1, -0.05) is 18.2 Å². The van der Waals surface area contributed by atoms with Crippen molar-refractivity contribution in [1.29, 1.82) is 0 Å². The Morgan fingerprint density at radius 3 is 2.86 bits per heavy atom. The molecule has 0 unspecified atom stereocenters. The molecule has 4 heterocycles. The van der Waals surface area contributed by atoms with Gasteiger partial charge in [0.05, 0.1) is 16.8 Å². The van der Waals surface area contributed by atoms with Gasteiger partial charge in [-0.3, -0.25) is 19.7 Å². The zero-order valence-electron chi connectivity index (χ0n) is 15.3. The summed E-state index contributed by atoms with van der Waals surface area (Å²) in [6.07, 6.45) is 6.09. The van der Waals surface area contributed by atoms with Gasteiger partial charge in [-0.2, -0.15) is 0 Å². The summed E-state index contributed by atoms with van der Waals surface area (Å²) >= 11 is 0. The summed E-state index contributed by atoms with van der Waals surface area (Å²) in [5.74, 6) is 0.610. The number of rotatable bonds is 3. The highest BCUT2D eigenvalue weighted by Gasteiger charge is 2.21. The average Bonchev–Trinajstić information content (AvgIpc) is 2.74. The first-order valence-electron chi connectivity index (χ1n) is 9.35. The highest BCUT2D eigenvalue weighted by Crippen LogP contribution is 2.20. The molecule has 1 aliphatic heterocycles. The lowest BCUT2D eigenvalue weighted by atomic mass is 10.1. The van der Waals surface area contributed by atoms with Crippen molar-refractivity contribution < 1.29 is 0 Å². The first-order chi connectivity index (χ1) is 13.8. The molecule has 4 aromatic rings. The molecule has 0 radical (unpaired) electrons. The van der Waals surface area contributed by atoms with Crippen LogP contribution < -0.4 is 5.56 Å². The highest BCUT2D eigenvalue weighted by molar-refractivity contribution is 5.78. The molecule has 0 saturated carbocycles. The lowest BCUT2D eigenvalue weighted by Gasteiger charge is -2.27. The van der Waals surface area contributed by atoms with Gasteiger partial charge in [0.25, 0.3) is 5.56 Å². The van der Waals surface area contributed by atoms with Gasteiger partial charge in [-0.15, -0.1) is 0 Å². The molecule has 6 heteroatoms. The number of benzene rings is 1. The van der Waals surface area contributed by atoms with Crippen LogP contribution in [0.4, 0.5) is 0 Å². The molecule has 3 aromatic heterocycles. The van der Waals surface area contributed by atoms with Crippen LogP contribution in [-0.2, 0) is 19.5 Å². The smallest absolute Gasteiger partial charge is 0.255 e. The molecule has 0 saturated heterocycles. The monoisotopic (exact) mass is 369 g/mol. The van der Waals surface area contributed by atoms with Gasteiger partial charge in [0.2, 0.25) is 0 Å². The molecule has 28 heavy (non-hydrogen) atoms. The molecule has 0 amide bonds. The fourth-order valence-corrected chi connectivity index (χ4v) is 3.72. The summed E-state index contributed by atoms with van der Waals surface area (Å²) in [5, 5.41) is 1.14. The largest absolute Gasteiger partial charge is 0.306 e. The zero-order valence-corrected chi connectivity index (χ0v) is 15.3. The predicted octanol–water partition coefficient (Wildman–Crippen LogP) is 2.94. The predicted molar refractivity (Wildman–Crippen MR) is 108 cm³/mol. The van der Waals surface area contributed by atoms with E-state index in [2.05, 4.69) is 32.0 Å². The molecule has 0 bridgehead atoms. The second kappa shape index (κ2) is 6.98. The van der Waals surface area contributed by atoms with Crippen LogP contribution in [0.2, 0.25) is 0 Å². The SMILES string of the molecule is O=c1[nH]c(-c2ccncc2)nc2c1CN(Cc1cnc3ccccc3c1)CC2. The van der Waals surface area contributed by atoms with Gasteiger partial charge >= 0.3 is 0 Å². The number of H-pyrrole nitrogens is 1. The number of aromatic amines is 1. The van der Waals surface area contributed by atoms with Gasteiger partial charge in [0, 0.05) is 55.6 Å². The summed E-state index contributed by atoms with van der Waals surface area (Å²) in [7, 11) is 0. The van der Waals surface area contributed by atoms with E-state index in [4.69, 9.17) is 4.98 Å². The highest BCUT2D eigenvalue weighted by atomic mass is 16.1. The first-order valence-corrected chi connectivity index (χ1v) is 9.35. The summed E-state index contributed by atoms with van der Waals surface area (Å²) in [6.45, 7) is 2.23. The number of nitrogens with zero attached hydrogens (tertiary/aromatic N) is 4. The van der Waals surface area contributed by atoms with Crippen LogP contribution in [0, 0.1) is 0 Å². The van der Waals surface area contributed by atoms with Crippen LogP contribution in [0.25, 0.3) is 22.3 Å². The lowest BCUT2D eigenvalue weighted by Crippen LogP contribution is -2.35. The zero-order chi connectivity index (χ0) is 18.9. The van der Waals surface area contributed by atoms with Gasteiger partial charge in [-0.25, -0.2) is 4.98 Å². The van der Waals surface area contributed by atoms with Crippen molar-refractivity contribution in [3.8, 4) is 11.4 Å². The molecule has 1 aromatic carbocycles. The van der Waals surface area contributed by atoms with E-state index >= 15 is 0 Å².